The Hall–Kier alpha value is -2.04. The van der Waals surface area contributed by atoms with E-state index in [9.17, 15) is 9.59 Å². The van der Waals surface area contributed by atoms with Gasteiger partial charge in [-0.1, -0.05) is 30.3 Å². The first-order valence-electron chi connectivity index (χ1n) is 7.40. The second-order valence-electron chi connectivity index (χ2n) is 6.09. The van der Waals surface area contributed by atoms with Crippen LogP contribution in [0.4, 0.5) is 4.79 Å². The van der Waals surface area contributed by atoms with Crippen molar-refractivity contribution in [2.24, 2.45) is 11.3 Å². The van der Waals surface area contributed by atoms with E-state index in [0.29, 0.717) is 19.6 Å². The summed E-state index contributed by atoms with van der Waals surface area (Å²) in [6.45, 7) is 1.67. The first kappa shape index (κ1) is 13.9. The van der Waals surface area contributed by atoms with Gasteiger partial charge in [-0.15, -0.1) is 0 Å². The Morgan fingerprint density at radius 1 is 1.24 bits per heavy atom. The van der Waals surface area contributed by atoms with Crippen LogP contribution in [0.2, 0.25) is 0 Å². The molecule has 2 fully saturated rings. The van der Waals surface area contributed by atoms with Crippen molar-refractivity contribution in [3.63, 3.8) is 0 Å². The molecule has 3 rings (SSSR count). The lowest BCUT2D eigenvalue weighted by Gasteiger charge is -2.30. The van der Waals surface area contributed by atoms with Gasteiger partial charge in [-0.3, -0.25) is 4.79 Å². The van der Waals surface area contributed by atoms with Gasteiger partial charge >= 0.3 is 6.09 Å². The summed E-state index contributed by atoms with van der Waals surface area (Å²) in [6.07, 6.45) is 1.67. The molecule has 112 valence electrons. The third-order valence-corrected chi connectivity index (χ3v) is 4.85. The van der Waals surface area contributed by atoms with Crippen molar-refractivity contribution < 1.29 is 14.7 Å². The average molecular weight is 288 g/mol. The Bertz CT molecular complexity index is 536. The van der Waals surface area contributed by atoms with Gasteiger partial charge in [-0.25, -0.2) is 4.79 Å². The summed E-state index contributed by atoms with van der Waals surface area (Å²) in [6, 6.07) is 9.86. The summed E-state index contributed by atoms with van der Waals surface area (Å²) in [5.41, 5.74) is 1.16. The molecule has 0 radical (unpaired) electrons. The number of benzene rings is 1. The van der Waals surface area contributed by atoms with Crippen LogP contribution in [-0.2, 0) is 11.3 Å². The third-order valence-electron chi connectivity index (χ3n) is 4.85. The second kappa shape index (κ2) is 5.39. The summed E-state index contributed by atoms with van der Waals surface area (Å²) >= 11 is 0. The number of rotatable bonds is 3. The summed E-state index contributed by atoms with van der Waals surface area (Å²) < 4.78 is 0. The number of likely N-dealkylation sites (tertiary alicyclic amines) is 1. The standard InChI is InChI=1S/C16H20N2O3/c19-14(17-11-12-4-2-1-3-5-12)13-10-16(13)6-8-18(9-7-16)15(20)21/h1-5,13H,6-11H2,(H,17,19)(H,20,21). The molecule has 1 saturated carbocycles. The van der Waals surface area contributed by atoms with E-state index in [1.54, 1.807) is 0 Å². The highest BCUT2D eigenvalue weighted by atomic mass is 16.4. The Balaban J connectivity index is 1.49. The van der Waals surface area contributed by atoms with Gasteiger partial charge in [0.05, 0.1) is 0 Å². The van der Waals surface area contributed by atoms with Gasteiger partial charge in [0.2, 0.25) is 5.91 Å². The summed E-state index contributed by atoms with van der Waals surface area (Å²) in [7, 11) is 0. The Kier molecular flexibility index (Phi) is 3.57. The van der Waals surface area contributed by atoms with Gasteiger partial charge in [0, 0.05) is 25.6 Å². The van der Waals surface area contributed by atoms with Crippen molar-refractivity contribution >= 4 is 12.0 Å². The predicted molar refractivity (Wildman–Crippen MR) is 77.7 cm³/mol. The zero-order valence-electron chi connectivity index (χ0n) is 11.9. The molecule has 1 aliphatic heterocycles. The van der Waals surface area contributed by atoms with E-state index in [2.05, 4.69) is 5.32 Å². The normalized spacial score (nSPS) is 22.9. The van der Waals surface area contributed by atoms with Crippen molar-refractivity contribution in [2.45, 2.75) is 25.8 Å². The maximum atomic E-state index is 12.2. The number of carboxylic acid groups (broad SMARTS) is 1. The first-order chi connectivity index (χ1) is 10.1. The quantitative estimate of drug-likeness (QED) is 0.894. The van der Waals surface area contributed by atoms with Gasteiger partial charge in [-0.05, 0) is 30.2 Å². The van der Waals surface area contributed by atoms with Crippen molar-refractivity contribution in [3.8, 4) is 0 Å². The summed E-state index contributed by atoms with van der Waals surface area (Å²) in [4.78, 5) is 24.6. The van der Waals surface area contributed by atoms with Crippen molar-refractivity contribution in [1.29, 1.82) is 0 Å². The second-order valence-corrected chi connectivity index (χ2v) is 6.09. The van der Waals surface area contributed by atoms with Crippen LogP contribution in [0.5, 0.6) is 0 Å². The van der Waals surface area contributed by atoms with Crippen LogP contribution in [0, 0.1) is 11.3 Å². The summed E-state index contributed by atoms with van der Waals surface area (Å²) in [5, 5.41) is 12.0. The highest BCUT2D eigenvalue weighted by Crippen LogP contribution is 2.59. The van der Waals surface area contributed by atoms with Crippen molar-refractivity contribution in [1.82, 2.24) is 10.2 Å². The number of amides is 2. The molecular formula is C16H20N2O3. The van der Waals surface area contributed by atoms with Gasteiger partial charge < -0.3 is 15.3 Å². The van der Waals surface area contributed by atoms with Crippen LogP contribution >= 0.6 is 0 Å². The molecule has 0 aromatic heterocycles. The molecule has 1 aromatic rings. The highest BCUT2D eigenvalue weighted by Gasteiger charge is 2.58. The number of carbonyl (C=O) groups is 2. The minimum atomic E-state index is -0.851. The molecule has 5 nitrogen and oxygen atoms in total. The van der Waals surface area contributed by atoms with Crippen LogP contribution in [0.1, 0.15) is 24.8 Å². The minimum Gasteiger partial charge on any atom is -0.465 e. The van der Waals surface area contributed by atoms with E-state index in [1.807, 2.05) is 30.3 Å². The fourth-order valence-electron chi connectivity index (χ4n) is 3.32. The molecule has 1 saturated heterocycles. The summed E-state index contributed by atoms with van der Waals surface area (Å²) in [5.74, 6) is 0.180. The molecule has 2 amide bonds. The largest absolute Gasteiger partial charge is 0.465 e. The Morgan fingerprint density at radius 3 is 2.52 bits per heavy atom. The van der Waals surface area contributed by atoms with E-state index >= 15 is 0 Å². The fourth-order valence-corrected chi connectivity index (χ4v) is 3.32. The average Bonchev–Trinajstić information content (AvgIpc) is 3.20. The van der Waals surface area contributed by atoms with Gasteiger partial charge in [0.15, 0.2) is 0 Å². The van der Waals surface area contributed by atoms with E-state index < -0.39 is 6.09 Å². The molecule has 1 heterocycles. The third kappa shape index (κ3) is 2.86. The lowest BCUT2D eigenvalue weighted by molar-refractivity contribution is -0.123. The van der Waals surface area contributed by atoms with Crippen LogP contribution in [0.25, 0.3) is 0 Å². The van der Waals surface area contributed by atoms with Gasteiger partial charge in [0.1, 0.15) is 0 Å². The van der Waals surface area contributed by atoms with E-state index in [0.717, 1.165) is 24.8 Å². The maximum absolute atomic E-state index is 12.2. The Labute approximate surface area is 123 Å². The molecule has 1 aromatic carbocycles. The highest BCUT2D eigenvalue weighted by molar-refractivity contribution is 5.82. The Morgan fingerprint density at radius 2 is 1.90 bits per heavy atom. The maximum Gasteiger partial charge on any atom is 0.407 e. The number of hydrogen-bond donors (Lipinski definition) is 2. The molecule has 1 aliphatic carbocycles. The SMILES string of the molecule is O=C(NCc1ccccc1)C1CC12CCN(C(=O)O)CC2. The molecule has 1 atom stereocenters. The van der Waals surface area contributed by atoms with Crippen molar-refractivity contribution in [3.05, 3.63) is 35.9 Å². The van der Waals surface area contributed by atoms with Crippen LogP contribution < -0.4 is 5.32 Å². The van der Waals surface area contributed by atoms with Gasteiger partial charge in [0.25, 0.3) is 0 Å². The number of nitrogens with one attached hydrogen (secondary N) is 1. The zero-order chi connectivity index (χ0) is 14.9. The minimum absolute atomic E-state index is 0.0622. The predicted octanol–water partition coefficient (Wildman–Crippen LogP) is 2.08. The molecule has 1 spiro atoms. The topological polar surface area (TPSA) is 69.6 Å². The molecule has 21 heavy (non-hydrogen) atoms. The lowest BCUT2D eigenvalue weighted by Crippen LogP contribution is -2.39. The van der Waals surface area contributed by atoms with Gasteiger partial charge in [-0.2, -0.15) is 0 Å². The molecule has 5 heteroatoms. The lowest BCUT2D eigenvalue weighted by atomic mass is 9.91. The smallest absolute Gasteiger partial charge is 0.407 e. The van der Waals surface area contributed by atoms with E-state index in [-0.39, 0.29) is 17.2 Å². The molecular weight excluding hydrogens is 268 g/mol. The van der Waals surface area contributed by atoms with Crippen LogP contribution in [0.15, 0.2) is 30.3 Å². The van der Waals surface area contributed by atoms with E-state index in [4.69, 9.17) is 5.11 Å². The molecule has 2 aliphatic rings. The fraction of sp³-hybridized carbons (Fsp3) is 0.500. The van der Waals surface area contributed by atoms with Crippen LogP contribution in [-0.4, -0.2) is 35.1 Å². The van der Waals surface area contributed by atoms with Crippen LogP contribution in [0.3, 0.4) is 0 Å². The van der Waals surface area contributed by atoms with E-state index in [1.165, 1.54) is 4.90 Å². The number of piperidine rings is 1. The molecule has 1 unspecified atom stereocenters. The zero-order valence-corrected chi connectivity index (χ0v) is 11.9. The number of nitrogens with zero attached hydrogens (tertiary/aromatic N) is 1. The monoisotopic (exact) mass is 288 g/mol. The number of hydrogen-bond acceptors (Lipinski definition) is 2. The number of carbonyl (C=O) groups excluding carboxylic acids is 1. The first-order valence-corrected chi connectivity index (χ1v) is 7.40. The molecule has 0 bridgehead atoms. The van der Waals surface area contributed by atoms with Crippen molar-refractivity contribution in [2.75, 3.05) is 13.1 Å². The molecule has 2 N–H and O–H groups in total.